The standard InChI is InChI=1S/C23H32F2N4O2S2/c1-15-26-18(13-32-15)11-21(30)27-17-5-3-16(4-6-17)7-9-29-10-8-20-19(12-29)28-22(33-20)31-14-23(2,24)25/h13,16-17H,3-12,14H2,1-2H3,(H,27,30)/t16-,17-. The third-order valence-corrected chi connectivity index (χ3v) is 8.20. The zero-order chi connectivity index (χ0) is 23.4. The van der Waals surface area contributed by atoms with Gasteiger partial charge in [0.05, 0.1) is 22.8 Å². The summed E-state index contributed by atoms with van der Waals surface area (Å²) in [6.45, 7) is 4.93. The molecule has 0 spiro atoms. The Morgan fingerprint density at radius 1 is 1.30 bits per heavy atom. The number of carbonyl (C=O) groups is 1. The van der Waals surface area contributed by atoms with Crippen molar-refractivity contribution in [1.82, 2.24) is 20.2 Å². The van der Waals surface area contributed by atoms with Crippen molar-refractivity contribution in [1.29, 1.82) is 0 Å². The van der Waals surface area contributed by atoms with E-state index < -0.39 is 12.5 Å². The van der Waals surface area contributed by atoms with Crippen molar-refractivity contribution >= 4 is 28.6 Å². The zero-order valence-electron chi connectivity index (χ0n) is 19.2. The molecule has 0 unspecified atom stereocenters. The fourth-order valence-corrected chi connectivity index (χ4v) is 6.08. The molecular formula is C23H32F2N4O2S2. The lowest BCUT2D eigenvalue weighted by Crippen LogP contribution is -2.39. The van der Waals surface area contributed by atoms with E-state index >= 15 is 0 Å². The summed E-state index contributed by atoms with van der Waals surface area (Å²) in [4.78, 5) is 24.7. The summed E-state index contributed by atoms with van der Waals surface area (Å²) in [6.07, 6.45) is 6.75. The molecule has 0 radical (unpaired) electrons. The first kappa shape index (κ1) is 24.5. The maximum absolute atomic E-state index is 13.0. The van der Waals surface area contributed by atoms with Gasteiger partial charge in [-0.05, 0) is 57.9 Å². The van der Waals surface area contributed by atoms with E-state index in [2.05, 4.69) is 20.2 Å². The number of nitrogens with zero attached hydrogens (tertiary/aromatic N) is 3. The van der Waals surface area contributed by atoms with Gasteiger partial charge in [-0.25, -0.2) is 18.7 Å². The monoisotopic (exact) mass is 498 g/mol. The number of fused-ring (bicyclic) bond motifs is 1. The SMILES string of the molecule is Cc1nc(CC(=O)N[C@H]2CC[C@H](CCN3CCc4sc(OCC(C)(F)F)nc4C3)CC2)cs1. The lowest BCUT2D eigenvalue weighted by atomic mass is 9.84. The van der Waals surface area contributed by atoms with Gasteiger partial charge in [0.25, 0.3) is 11.1 Å². The maximum Gasteiger partial charge on any atom is 0.278 e. The van der Waals surface area contributed by atoms with Crippen LogP contribution in [0.5, 0.6) is 5.19 Å². The molecule has 182 valence electrons. The molecule has 1 saturated carbocycles. The third-order valence-electron chi connectivity index (χ3n) is 6.31. The smallest absolute Gasteiger partial charge is 0.278 e. The summed E-state index contributed by atoms with van der Waals surface area (Å²) in [5.41, 5.74) is 1.83. The van der Waals surface area contributed by atoms with Crippen molar-refractivity contribution in [2.45, 2.75) is 77.3 Å². The molecule has 1 aliphatic carbocycles. The number of aryl methyl sites for hydroxylation is 1. The van der Waals surface area contributed by atoms with E-state index in [1.54, 1.807) is 11.3 Å². The first-order valence-corrected chi connectivity index (χ1v) is 13.3. The minimum Gasteiger partial charge on any atom is -0.464 e. The molecule has 10 heteroatoms. The quantitative estimate of drug-likeness (QED) is 0.547. The van der Waals surface area contributed by atoms with Crippen LogP contribution in [-0.2, 0) is 24.2 Å². The van der Waals surface area contributed by atoms with Crippen LogP contribution in [-0.4, -0.2) is 52.4 Å². The van der Waals surface area contributed by atoms with Crippen LogP contribution in [0.2, 0.25) is 0 Å². The number of hydrogen-bond donors (Lipinski definition) is 1. The highest BCUT2D eigenvalue weighted by Gasteiger charge is 2.27. The molecule has 1 aliphatic heterocycles. The summed E-state index contributed by atoms with van der Waals surface area (Å²) in [5.74, 6) is -2.09. The van der Waals surface area contributed by atoms with Crippen LogP contribution in [0, 0.1) is 12.8 Å². The van der Waals surface area contributed by atoms with Gasteiger partial charge in [0.2, 0.25) is 5.91 Å². The molecule has 2 aromatic rings. The summed E-state index contributed by atoms with van der Waals surface area (Å²) >= 11 is 2.98. The fraction of sp³-hybridized carbons (Fsp3) is 0.696. The molecule has 0 bridgehead atoms. The molecule has 1 fully saturated rings. The van der Waals surface area contributed by atoms with Gasteiger partial charge >= 0.3 is 0 Å². The number of carbonyl (C=O) groups excluding carboxylic acids is 1. The Morgan fingerprint density at radius 2 is 2.09 bits per heavy atom. The number of hydrogen-bond acceptors (Lipinski definition) is 7. The molecule has 4 rings (SSSR count). The average molecular weight is 499 g/mol. The van der Waals surface area contributed by atoms with Gasteiger partial charge in [-0.1, -0.05) is 11.3 Å². The third kappa shape index (κ3) is 7.42. The molecule has 6 nitrogen and oxygen atoms in total. The lowest BCUT2D eigenvalue weighted by molar-refractivity contribution is -0.121. The van der Waals surface area contributed by atoms with Crippen LogP contribution in [0.1, 0.15) is 60.3 Å². The molecule has 2 aliphatic rings. The van der Waals surface area contributed by atoms with Crippen molar-refractivity contribution in [3.8, 4) is 5.19 Å². The molecule has 0 aromatic carbocycles. The molecule has 2 aromatic heterocycles. The number of alkyl halides is 2. The van der Waals surface area contributed by atoms with Crippen molar-refractivity contribution in [2.75, 3.05) is 19.7 Å². The predicted molar refractivity (Wildman–Crippen MR) is 126 cm³/mol. The van der Waals surface area contributed by atoms with E-state index in [4.69, 9.17) is 4.74 Å². The zero-order valence-corrected chi connectivity index (χ0v) is 20.9. The van der Waals surface area contributed by atoms with Gasteiger partial charge in [0.15, 0.2) is 6.61 Å². The predicted octanol–water partition coefficient (Wildman–Crippen LogP) is 4.61. The number of aromatic nitrogens is 2. The highest BCUT2D eigenvalue weighted by atomic mass is 32.1. The van der Waals surface area contributed by atoms with Crippen molar-refractivity contribution < 1.29 is 18.3 Å². The second-order valence-electron chi connectivity index (χ2n) is 9.34. The van der Waals surface area contributed by atoms with Crippen molar-refractivity contribution in [3.05, 3.63) is 26.7 Å². The second kappa shape index (κ2) is 10.7. The van der Waals surface area contributed by atoms with E-state index in [-0.39, 0.29) is 11.9 Å². The summed E-state index contributed by atoms with van der Waals surface area (Å²) in [6, 6.07) is 0.273. The topological polar surface area (TPSA) is 67.4 Å². The number of amides is 1. The van der Waals surface area contributed by atoms with Crippen LogP contribution < -0.4 is 10.1 Å². The van der Waals surface area contributed by atoms with Gasteiger partial charge in [-0.3, -0.25) is 9.69 Å². The summed E-state index contributed by atoms with van der Waals surface area (Å²) in [5, 5.41) is 6.49. The normalized spacial score (nSPS) is 21.6. The number of nitrogens with one attached hydrogen (secondary N) is 1. The summed E-state index contributed by atoms with van der Waals surface area (Å²) < 4.78 is 31.2. The Hall–Kier alpha value is -1.65. The lowest BCUT2D eigenvalue weighted by Gasteiger charge is -2.32. The maximum atomic E-state index is 13.0. The minimum absolute atomic E-state index is 0.0714. The largest absolute Gasteiger partial charge is 0.464 e. The van der Waals surface area contributed by atoms with Gasteiger partial charge in [0, 0.05) is 36.3 Å². The second-order valence-corrected chi connectivity index (χ2v) is 11.5. The highest BCUT2D eigenvalue weighted by molar-refractivity contribution is 7.13. The van der Waals surface area contributed by atoms with E-state index in [9.17, 15) is 13.6 Å². The van der Waals surface area contributed by atoms with E-state index in [1.165, 1.54) is 11.3 Å². The first-order chi connectivity index (χ1) is 15.7. The molecule has 33 heavy (non-hydrogen) atoms. The Labute approximate surface area is 201 Å². The average Bonchev–Trinajstić information content (AvgIpc) is 3.36. The molecule has 1 N–H and O–H groups in total. The van der Waals surface area contributed by atoms with Crippen LogP contribution in [0.25, 0.3) is 0 Å². The molecule has 0 saturated heterocycles. The van der Waals surface area contributed by atoms with Crippen LogP contribution in [0.4, 0.5) is 8.78 Å². The van der Waals surface area contributed by atoms with Gasteiger partial charge in [-0.15, -0.1) is 11.3 Å². The van der Waals surface area contributed by atoms with Gasteiger partial charge in [0.1, 0.15) is 0 Å². The molecular weight excluding hydrogens is 466 g/mol. The summed E-state index contributed by atoms with van der Waals surface area (Å²) in [7, 11) is 0. The van der Waals surface area contributed by atoms with Crippen LogP contribution in [0.3, 0.4) is 0 Å². The van der Waals surface area contributed by atoms with Crippen LogP contribution in [0.15, 0.2) is 5.38 Å². The first-order valence-electron chi connectivity index (χ1n) is 11.7. The van der Waals surface area contributed by atoms with Gasteiger partial charge < -0.3 is 10.1 Å². The number of halogens is 2. The minimum atomic E-state index is -2.85. The van der Waals surface area contributed by atoms with E-state index in [0.29, 0.717) is 17.5 Å². The number of thiazole rings is 2. The van der Waals surface area contributed by atoms with E-state index in [0.717, 1.165) is 86.4 Å². The highest BCUT2D eigenvalue weighted by Crippen LogP contribution is 2.32. The number of rotatable bonds is 9. The Bertz CT molecular complexity index is 935. The van der Waals surface area contributed by atoms with Crippen LogP contribution >= 0.6 is 22.7 Å². The Morgan fingerprint density at radius 3 is 2.79 bits per heavy atom. The van der Waals surface area contributed by atoms with E-state index in [1.807, 2.05) is 12.3 Å². The Kier molecular flexibility index (Phi) is 7.96. The van der Waals surface area contributed by atoms with Crippen molar-refractivity contribution in [3.63, 3.8) is 0 Å². The molecule has 0 atom stereocenters. The van der Waals surface area contributed by atoms with Gasteiger partial charge in [-0.2, -0.15) is 0 Å². The molecule has 1 amide bonds. The fourth-order valence-electron chi connectivity index (χ4n) is 4.56. The number of ether oxygens (including phenoxy) is 1. The molecule has 3 heterocycles. The van der Waals surface area contributed by atoms with Crippen molar-refractivity contribution in [2.24, 2.45) is 5.92 Å². The Balaban J connectivity index is 1.15.